The SMILES string of the molecule is [2H]C1C([2H])([2H])C([2H])([2H])NC([2H])(O)C1([2H])[2H]. The van der Waals surface area contributed by atoms with Crippen LogP contribution in [0.5, 0.6) is 0 Å². The number of hydrogen-bond donors (Lipinski definition) is 2. The van der Waals surface area contributed by atoms with E-state index >= 15 is 0 Å². The third-order valence-corrected chi connectivity index (χ3v) is 0.534. The first kappa shape index (κ1) is 1.09. The Balaban J connectivity index is 3.24. The van der Waals surface area contributed by atoms with Gasteiger partial charge < -0.3 is 5.11 Å². The molecule has 1 rings (SSSR count). The largest absolute Gasteiger partial charge is 0.379 e. The van der Waals surface area contributed by atoms with E-state index in [9.17, 15) is 5.11 Å². The second-order valence-electron chi connectivity index (χ2n) is 1.03. The Labute approximate surface area is 54.8 Å². The maximum Gasteiger partial charge on any atom is 0.104 e. The van der Waals surface area contributed by atoms with Crippen LogP contribution in [0.4, 0.5) is 0 Å². The first-order valence-corrected chi connectivity index (χ1v) is 1.80. The van der Waals surface area contributed by atoms with Gasteiger partial charge in [0.05, 0.1) is 1.37 Å². The van der Waals surface area contributed by atoms with E-state index in [4.69, 9.17) is 11.0 Å². The van der Waals surface area contributed by atoms with Gasteiger partial charge in [-0.3, -0.25) is 5.32 Å². The van der Waals surface area contributed by atoms with Crippen LogP contribution < -0.4 is 5.32 Å². The Hall–Kier alpha value is -0.0800. The van der Waals surface area contributed by atoms with Crippen LogP contribution in [-0.2, 0) is 0 Å². The van der Waals surface area contributed by atoms with Crippen molar-refractivity contribution in [2.75, 3.05) is 6.50 Å². The van der Waals surface area contributed by atoms with Crippen LogP contribution >= 0.6 is 0 Å². The van der Waals surface area contributed by atoms with Crippen molar-refractivity contribution in [3.05, 3.63) is 0 Å². The highest BCUT2D eigenvalue weighted by atomic mass is 16.3. The van der Waals surface area contributed by atoms with Crippen LogP contribution in [0.3, 0.4) is 0 Å². The average Bonchev–Trinajstić information content (AvgIpc) is 1.98. The van der Waals surface area contributed by atoms with Gasteiger partial charge in [0.25, 0.3) is 0 Å². The first-order valence-electron chi connectivity index (χ1n) is 5.88. The lowest BCUT2D eigenvalue weighted by molar-refractivity contribution is 0.108. The van der Waals surface area contributed by atoms with E-state index in [0.717, 1.165) is 0 Å². The summed E-state index contributed by atoms with van der Waals surface area (Å²) in [7, 11) is 0. The van der Waals surface area contributed by atoms with Crippen molar-refractivity contribution in [3.8, 4) is 0 Å². The molecule has 0 radical (unpaired) electrons. The summed E-state index contributed by atoms with van der Waals surface area (Å²) < 4.78 is 57.9. The molecule has 1 saturated heterocycles. The molecule has 0 saturated carbocycles. The number of hydrogen-bond acceptors (Lipinski definition) is 2. The Morgan fingerprint density at radius 2 is 2.86 bits per heavy atom. The Bertz CT molecular complexity index is 250. The predicted molar refractivity (Wildman–Crippen MR) is 27.9 cm³/mol. The van der Waals surface area contributed by atoms with Gasteiger partial charge in [-0.15, -0.1) is 0 Å². The van der Waals surface area contributed by atoms with Crippen LogP contribution in [0, 0.1) is 0 Å². The smallest absolute Gasteiger partial charge is 0.104 e. The zero-order valence-electron chi connectivity index (χ0n) is 11.5. The summed E-state index contributed by atoms with van der Waals surface area (Å²) in [5, 5.41) is 10.8. The Morgan fingerprint density at radius 1 is 2.00 bits per heavy atom. The zero-order valence-corrected chi connectivity index (χ0v) is 3.52. The molecule has 0 aliphatic carbocycles. The molecule has 0 aromatic carbocycles. The van der Waals surface area contributed by atoms with Gasteiger partial charge in [-0.2, -0.15) is 0 Å². The molecule has 0 bridgehead atoms. The minimum Gasteiger partial charge on any atom is -0.379 e. The fourth-order valence-electron chi connectivity index (χ4n) is 0.272. The van der Waals surface area contributed by atoms with Crippen molar-refractivity contribution in [1.29, 1.82) is 0 Å². The van der Waals surface area contributed by atoms with Gasteiger partial charge in [0.1, 0.15) is 6.20 Å². The van der Waals surface area contributed by atoms with E-state index < -0.39 is 31.8 Å². The lowest BCUT2D eigenvalue weighted by atomic mass is 10.1. The normalized spacial score (nSPS) is 92.4. The van der Waals surface area contributed by atoms with Gasteiger partial charge in [-0.25, -0.2) is 0 Å². The predicted octanol–water partition coefficient (Wildman–Crippen LogP) is 0.0783. The second-order valence-corrected chi connectivity index (χ2v) is 1.03. The molecule has 1 fully saturated rings. The Kier molecular flexibility index (Phi) is 0.356. The number of aliphatic hydroxyl groups is 1. The molecule has 2 atom stereocenters. The zero-order chi connectivity index (χ0) is 12.3. The third-order valence-electron chi connectivity index (χ3n) is 0.534. The van der Waals surface area contributed by atoms with Crippen LogP contribution in [0.15, 0.2) is 0 Å². The molecular formula is C5H11NO. The average molecular weight is 109 g/mol. The van der Waals surface area contributed by atoms with Gasteiger partial charge in [0.2, 0.25) is 0 Å². The molecule has 2 heteroatoms. The van der Waals surface area contributed by atoms with Gasteiger partial charge in [-0.05, 0) is 25.6 Å². The topological polar surface area (TPSA) is 32.3 Å². The molecule has 1 aliphatic heterocycles. The van der Waals surface area contributed by atoms with E-state index in [2.05, 4.69) is 0 Å². The molecule has 0 spiro atoms. The fourth-order valence-corrected chi connectivity index (χ4v) is 0.272. The van der Waals surface area contributed by atoms with Crippen molar-refractivity contribution in [3.63, 3.8) is 0 Å². The van der Waals surface area contributed by atoms with Gasteiger partial charge in [0.15, 0.2) is 0 Å². The molecule has 2 unspecified atom stereocenters. The molecule has 0 aromatic rings. The molecule has 42 valence electrons. The molecular weight excluding hydrogens is 90.1 g/mol. The maximum absolute atomic E-state index is 9.29. The first-order chi connectivity index (χ1) is 6.36. The van der Waals surface area contributed by atoms with Crippen LogP contribution in [0.25, 0.3) is 0 Å². The second kappa shape index (κ2) is 2.28. The monoisotopic (exact) mass is 109 g/mol. The highest BCUT2D eigenvalue weighted by molar-refractivity contribution is 4.60. The summed E-state index contributed by atoms with van der Waals surface area (Å²) in [6.45, 7) is -2.85. The summed E-state index contributed by atoms with van der Waals surface area (Å²) in [4.78, 5) is 0. The maximum atomic E-state index is 9.29. The minimum atomic E-state index is -3.03. The van der Waals surface area contributed by atoms with E-state index in [-0.39, 0.29) is 0 Å². The number of rotatable bonds is 0. The van der Waals surface area contributed by atoms with Crippen molar-refractivity contribution in [2.45, 2.75) is 25.3 Å². The molecule has 2 N–H and O–H groups in total. The number of piperidine rings is 1. The standard InChI is InChI=1S/C5H11NO/c7-5-3-1-2-4-6-5/h5-7H,1-4H2/i1D,2D2,3D2,4D2,5D. The summed E-state index contributed by atoms with van der Waals surface area (Å²) >= 11 is 0. The van der Waals surface area contributed by atoms with Gasteiger partial charge in [0, 0.05) is 9.60 Å². The summed E-state index contributed by atoms with van der Waals surface area (Å²) in [5.41, 5.74) is 0. The van der Waals surface area contributed by atoms with Crippen molar-refractivity contribution < 1.29 is 16.1 Å². The van der Waals surface area contributed by atoms with E-state index in [0.29, 0.717) is 0 Å². The van der Waals surface area contributed by atoms with Gasteiger partial charge in [-0.1, -0.05) is 0 Å². The van der Waals surface area contributed by atoms with Crippen LogP contribution in [-0.4, -0.2) is 17.8 Å². The molecule has 0 amide bonds. The summed E-state index contributed by atoms with van der Waals surface area (Å²) in [5.74, 6) is 0. The third kappa shape index (κ3) is 1.45. The molecule has 2 nitrogen and oxygen atoms in total. The Morgan fingerprint density at radius 3 is 3.71 bits per heavy atom. The highest BCUT2D eigenvalue weighted by Crippen LogP contribution is 2.02. The highest BCUT2D eigenvalue weighted by Gasteiger charge is 2.06. The lowest BCUT2D eigenvalue weighted by Gasteiger charge is -2.17. The van der Waals surface area contributed by atoms with E-state index in [1.165, 1.54) is 5.32 Å². The summed E-state index contributed by atoms with van der Waals surface area (Å²) in [6.07, 6.45) is -11.0. The minimum absolute atomic E-state index is 1.53. The van der Waals surface area contributed by atoms with Crippen molar-refractivity contribution in [2.24, 2.45) is 0 Å². The summed E-state index contributed by atoms with van der Waals surface area (Å²) in [6, 6.07) is 0. The van der Waals surface area contributed by atoms with Crippen molar-refractivity contribution in [1.82, 2.24) is 5.32 Å². The quantitative estimate of drug-likeness (QED) is 0.461. The van der Waals surface area contributed by atoms with Crippen molar-refractivity contribution >= 4 is 0 Å². The lowest BCUT2D eigenvalue weighted by Crippen LogP contribution is -2.33. The van der Waals surface area contributed by atoms with Gasteiger partial charge >= 0.3 is 0 Å². The molecule has 7 heavy (non-hydrogen) atoms. The fraction of sp³-hybridized carbons (Fsp3) is 1.00. The van der Waals surface area contributed by atoms with E-state index in [1.54, 1.807) is 0 Å². The molecule has 1 heterocycles. The molecule has 0 aromatic heterocycles. The van der Waals surface area contributed by atoms with E-state index in [1.807, 2.05) is 0 Å². The van der Waals surface area contributed by atoms with Crippen LogP contribution in [0.1, 0.15) is 30.1 Å². The molecule has 1 aliphatic rings. The van der Waals surface area contributed by atoms with Crippen LogP contribution in [0.2, 0.25) is 0 Å². The number of nitrogens with one attached hydrogen (secondary N) is 1.